The average molecular weight is 274 g/mol. The molecule has 0 aromatic heterocycles. The van der Waals surface area contributed by atoms with Crippen LogP contribution in [0.4, 0.5) is 0 Å². The van der Waals surface area contributed by atoms with Crippen LogP contribution in [0.5, 0.6) is 5.75 Å². The van der Waals surface area contributed by atoms with Crippen molar-refractivity contribution in [2.24, 2.45) is 5.41 Å². The predicted molar refractivity (Wildman–Crippen MR) is 77.8 cm³/mol. The maximum atomic E-state index is 12.6. The third-order valence-electron chi connectivity index (χ3n) is 4.64. The number of hydrogen-bond donors (Lipinski definition) is 2. The quantitative estimate of drug-likeness (QED) is 0.823. The van der Waals surface area contributed by atoms with Crippen LogP contribution in [0.2, 0.25) is 0 Å². The minimum absolute atomic E-state index is 0.0345. The van der Waals surface area contributed by atoms with Gasteiger partial charge in [0, 0.05) is 25.0 Å². The molecule has 2 N–H and O–H groups in total. The van der Waals surface area contributed by atoms with Gasteiger partial charge in [-0.05, 0) is 44.4 Å². The molecule has 0 saturated carbocycles. The standard InChI is InChI=1S/C16H22N2O2/c19-14-6-2-1-5-13(14)15(20)18-10-4-8-16(12-18)7-3-9-17-11-16/h1-2,5-6,17,19H,3-4,7-12H2. The Morgan fingerprint density at radius 2 is 2.05 bits per heavy atom. The summed E-state index contributed by atoms with van der Waals surface area (Å²) in [5.41, 5.74) is 0.671. The first kappa shape index (κ1) is 13.4. The monoisotopic (exact) mass is 274 g/mol. The van der Waals surface area contributed by atoms with Crippen molar-refractivity contribution in [1.82, 2.24) is 10.2 Å². The molecule has 1 atom stereocenters. The van der Waals surface area contributed by atoms with Gasteiger partial charge in [-0.15, -0.1) is 0 Å². The van der Waals surface area contributed by atoms with Crippen LogP contribution in [0.1, 0.15) is 36.0 Å². The lowest BCUT2D eigenvalue weighted by atomic mass is 9.74. The fraction of sp³-hybridized carbons (Fsp3) is 0.562. The molecule has 3 rings (SSSR count). The number of para-hydroxylation sites is 1. The summed E-state index contributed by atoms with van der Waals surface area (Å²) in [4.78, 5) is 14.5. The number of phenolic OH excluding ortho intramolecular Hbond substituents is 1. The van der Waals surface area contributed by atoms with Crippen molar-refractivity contribution in [3.8, 4) is 5.75 Å². The molecule has 2 fully saturated rings. The first-order chi connectivity index (χ1) is 9.70. The van der Waals surface area contributed by atoms with Crippen LogP contribution in [-0.4, -0.2) is 42.1 Å². The summed E-state index contributed by atoms with van der Waals surface area (Å²) in [6, 6.07) is 6.83. The van der Waals surface area contributed by atoms with Crippen molar-refractivity contribution in [2.45, 2.75) is 25.7 Å². The van der Waals surface area contributed by atoms with Gasteiger partial charge >= 0.3 is 0 Å². The number of benzene rings is 1. The lowest BCUT2D eigenvalue weighted by Gasteiger charge is -2.45. The third-order valence-corrected chi connectivity index (χ3v) is 4.64. The lowest BCUT2D eigenvalue weighted by molar-refractivity contribution is 0.0431. The molecule has 0 radical (unpaired) electrons. The molecule has 0 aliphatic carbocycles. The Kier molecular flexibility index (Phi) is 3.66. The highest BCUT2D eigenvalue weighted by atomic mass is 16.3. The Labute approximate surface area is 119 Å². The van der Waals surface area contributed by atoms with Gasteiger partial charge in [-0.1, -0.05) is 12.1 Å². The molecule has 2 saturated heterocycles. The van der Waals surface area contributed by atoms with Crippen LogP contribution >= 0.6 is 0 Å². The number of hydrogen-bond acceptors (Lipinski definition) is 3. The van der Waals surface area contributed by atoms with Crippen molar-refractivity contribution in [1.29, 1.82) is 0 Å². The maximum absolute atomic E-state index is 12.6. The molecule has 108 valence electrons. The number of phenols is 1. The van der Waals surface area contributed by atoms with Gasteiger partial charge in [-0.2, -0.15) is 0 Å². The minimum atomic E-state index is -0.0345. The summed E-state index contributed by atoms with van der Waals surface area (Å²) in [6.07, 6.45) is 4.65. The van der Waals surface area contributed by atoms with Crippen molar-refractivity contribution >= 4 is 5.91 Å². The van der Waals surface area contributed by atoms with Gasteiger partial charge in [0.15, 0.2) is 0 Å². The number of rotatable bonds is 1. The molecule has 1 amide bonds. The Bertz CT molecular complexity index is 489. The Morgan fingerprint density at radius 1 is 1.25 bits per heavy atom. The van der Waals surface area contributed by atoms with Crippen molar-refractivity contribution < 1.29 is 9.90 Å². The molecular weight excluding hydrogens is 252 g/mol. The third kappa shape index (κ3) is 2.52. The summed E-state index contributed by atoms with van der Waals surface area (Å²) >= 11 is 0. The second-order valence-corrected chi connectivity index (χ2v) is 6.13. The van der Waals surface area contributed by atoms with E-state index in [1.54, 1.807) is 24.3 Å². The molecule has 0 bridgehead atoms. The first-order valence-corrected chi connectivity index (χ1v) is 7.48. The van der Waals surface area contributed by atoms with E-state index in [1.165, 1.54) is 19.3 Å². The number of carbonyl (C=O) groups is 1. The number of piperidine rings is 2. The zero-order valence-electron chi connectivity index (χ0n) is 11.8. The molecular formula is C16H22N2O2. The summed E-state index contributed by atoms with van der Waals surface area (Å²) in [7, 11) is 0. The molecule has 2 aliphatic heterocycles. The van der Waals surface area contributed by atoms with Crippen molar-refractivity contribution in [2.75, 3.05) is 26.2 Å². The highest BCUT2D eigenvalue weighted by Crippen LogP contribution is 2.36. The molecule has 4 nitrogen and oxygen atoms in total. The first-order valence-electron chi connectivity index (χ1n) is 7.48. The van der Waals surface area contributed by atoms with E-state index >= 15 is 0 Å². The number of carbonyl (C=O) groups excluding carboxylic acids is 1. The van der Waals surface area contributed by atoms with E-state index < -0.39 is 0 Å². The van der Waals surface area contributed by atoms with E-state index in [9.17, 15) is 9.90 Å². The summed E-state index contributed by atoms with van der Waals surface area (Å²) < 4.78 is 0. The largest absolute Gasteiger partial charge is 0.507 e. The van der Waals surface area contributed by atoms with Crippen LogP contribution in [0, 0.1) is 5.41 Å². The Balaban J connectivity index is 1.77. The average Bonchev–Trinajstić information content (AvgIpc) is 2.48. The highest BCUT2D eigenvalue weighted by molar-refractivity contribution is 5.96. The van der Waals surface area contributed by atoms with Gasteiger partial charge in [-0.3, -0.25) is 4.79 Å². The second-order valence-electron chi connectivity index (χ2n) is 6.13. The fourth-order valence-electron chi connectivity index (χ4n) is 3.58. The van der Waals surface area contributed by atoms with Crippen LogP contribution in [-0.2, 0) is 0 Å². The molecule has 20 heavy (non-hydrogen) atoms. The molecule has 1 unspecified atom stereocenters. The van der Waals surface area contributed by atoms with Crippen molar-refractivity contribution in [3.05, 3.63) is 29.8 Å². The number of amides is 1. The lowest BCUT2D eigenvalue weighted by Crippen LogP contribution is -2.52. The molecule has 2 aliphatic rings. The van der Waals surface area contributed by atoms with Crippen LogP contribution in [0.3, 0.4) is 0 Å². The zero-order valence-corrected chi connectivity index (χ0v) is 11.8. The minimum Gasteiger partial charge on any atom is -0.507 e. The summed E-state index contributed by atoms with van der Waals surface area (Å²) in [5, 5.41) is 13.3. The van der Waals surface area contributed by atoms with Gasteiger partial charge in [0.2, 0.25) is 0 Å². The Hall–Kier alpha value is -1.55. The molecule has 1 spiro atoms. The molecule has 1 aromatic carbocycles. The number of nitrogens with zero attached hydrogens (tertiary/aromatic N) is 1. The smallest absolute Gasteiger partial charge is 0.257 e. The van der Waals surface area contributed by atoms with Gasteiger partial charge in [0.05, 0.1) is 5.56 Å². The van der Waals surface area contributed by atoms with E-state index in [1.807, 2.05) is 4.90 Å². The van der Waals surface area contributed by atoms with E-state index in [4.69, 9.17) is 0 Å². The summed E-state index contributed by atoms with van der Waals surface area (Å²) in [5.74, 6) is 0.0478. The number of nitrogens with one attached hydrogen (secondary N) is 1. The fourth-order valence-corrected chi connectivity index (χ4v) is 3.58. The molecule has 2 heterocycles. The molecule has 1 aromatic rings. The van der Waals surface area contributed by atoms with E-state index in [0.717, 1.165) is 32.6 Å². The molecule has 4 heteroatoms. The van der Waals surface area contributed by atoms with E-state index in [2.05, 4.69) is 5.32 Å². The highest BCUT2D eigenvalue weighted by Gasteiger charge is 2.38. The number of aromatic hydroxyl groups is 1. The van der Waals surface area contributed by atoms with Gasteiger partial charge in [-0.25, -0.2) is 0 Å². The predicted octanol–water partition coefficient (Wildman–Crippen LogP) is 2.00. The van der Waals surface area contributed by atoms with Crippen molar-refractivity contribution in [3.63, 3.8) is 0 Å². The summed E-state index contributed by atoms with van der Waals surface area (Å²) in [6.45, 7) is 3.72. The maximum Gasteiger partial charge on any atom is 0.257 e. The Morgan fingerprint density at radius 3 is 2.80 bits per heavy atom. The van der Waals surface area contributed by atoms with E-state index in [0.29, 0.717) is 5.56 Å². The SMILES string of the molecule is O=C(c1ccccc1O)N1CCCC2(CCCNC2)C1. The van der Waals surface area contributed by atoms with Gasteiger partial charge in [0.1, 0.15) is 5.75 Å². The van der Waals surface area contributed by atoms with Gasteiger partial charge < -0.3 is 15.3 Å². The topological polar surface area (TPSA) is 52.6 Å². The second kappa shape index (κ2) is 5.44. The van der Waals surface area contributed by atoms with Gasteiger partial charge in [0.25, 0.3) is 5.91 Å². The van der Waals surface area contributed by atoms with Crippen LogP contribution < -0.4 is 5.32 Å². The van der Waals surface area contributed by atoms with E-state index in [-0.39, 0.29) is 17.1 Å². The number of likely N-dealkylation sites (tertiary alicyclic amines) is 1. The normalized spacial score (nSPS) is 26.7. The zero-order chi connectivity index (χ0) is 14.0. The van der Waals surface area contributed by atoms with Crippen LogP contribution in [0.15, 0.2) is 24.3 Å². The van der Waals surface area contributed by atoms with Crippen LogP contribution in [0.25, 0.3) is 0 Å².